The first kappa shape index (κ1) is 13.9. The molecule has 1 fully saturated rings. The average Bonchev–Trinajstić information content (AvgIpc) is 2.76. The first-order valence-corrected chi connectivity index (χ1v) is 7.39. The Balaban J connectivity index is 1.71. The number of anilines is 1. The number of rotatable bonds is 3. The van der Waals surface area contributed by atoms with Crippen LogP contribution < -0.4 is 10.6 Å². The van der Waals surface area contributed by atoms with E-state index >= 15 is 0 Å². The Bertz CT molecular complexity index is 646. The van der Waals surface area contributed by atoms with Gasteiger partial charge in [-0.05, 0) is 50.5 Å². The normalized spacial score (nSPS) is 14.6. The molecule has 6 heteroatoms. The molecule has 1 saturated carbocycles. The summed E-state index contributed by atoms with van der Waals surface area (Å²) in [5.74, 6) is 0.571. The summed E-state index contributed by atoms with van der Waals surface area (Å²) in [6, 6.07) is 7.50. The van der Waals surface area contributed by atoms with Crippen LogP contribution in [-0.4, -0.2) is 21.9 Å². The molecule has 1 aromatic heterocycles. The summed E-state index contributed by atoms with van der Waals surface area (Å²) in [7, 11) is 0. The second-order valence-corrected chi connectivity index (χ2v) is 5.74. The molecular weight excluding hydrogens is 288 g/mol. The average molecular weight is 305 g/mol. The summed E-state index contributed by atoms with van der Waals surface area (Å²) >= 11 is 5.88. The lowest BCUT2D eigenvalue weighted by Crippen LogP contribution is -2.42. The third kappa shape index (κ3) is 3.19. The molecule has 0 aliphatic heterocycles. The standard InChI is InChI=1S/C15H17ClN4O/c1-10-9-20(13-7-5-11(16)6-8-13)19-14(10)18-15(21)17-12-3-2-4-12/h5-9,12H,2-4H2,1H3,(H2,17,18,19,21). The summed E-state index contributed by atoms with van der Waals surface area (Å²) in [5, 5.41) is 10.8. The van der Waals surface area contributed by atoms with Gasteiger partial charge in [0.15, 0.2) is 5.82 Å². The van der Waals surface area contributed by atoms with Gasteiger partial charge < -0.3 is 5.32 Å². The maximum Gasteiger partial charge on any atom is 0.320 e. The number of nitrogens with zero attached hydrogens (tertiary/aromatic N) is 2. The second kappa shape index (κ2) is 5.77. The van der Waals surface area contributed by atoms with Crippen LogP contribution in [0.15, 0.2) is 30.5 Å². The number of carbonyl (C=O) groups excluding carboxylic acids is 1. The fraction of sp³-hybridized carbons (Fsp3) is 0.333. The molecule has 3 rings (SSSR count). The van der Waals surface area contributed by atoms with Gasteiger partial charge in [-0.15, -0.1) is 5.10 Å². The van der Waals surface area contributed by atoms with E-state index in [2.05, 4.69) is 15.7 Å². The number of carbonyl (C=O) groups is 1. The molecule has 0 radical (unpaired) electrons. The van der Waals surface area contributed by atoms with Gasteiger partial charge in [-0.2, -0.15) is 0 Å². The zero-order valence-corrected chi connectivity index (χ0v) is 12.5. The fourth-order valence-electron chi connectivity index (χ4n) is 2.19. The molecule has 110 valence electrons. The van der Waals surface area contributed by atoms with Crippen LogP contribution in [0.25, 0.3) is 5.69 Å². The Morgan fingerprint density at radius 3 is 2.67 bits per heavy atom. The lowest BCUT2D eigenvalue weighted by Gasteiger charge is -2.26. The van der Waals surface area contributed by atoms with Gasteiger partial charge in [-0.1, -0.05) is 11.6 Å². The number of hydrogen-bond donors (Lipinski definition) is 2. The molecule has 2 N–H and O–H groups in total. The quantitative estimate of drug-likeness (QED) is 0.911. The molecule has 0 spiro atoms. The molecule has 0 unspecified atom stereocenters. The Hall–Kier alpha value is -2.01. The first-order chi connectivity index (χ1) is 10.1. The third-order valence-electron chi connectivity index (χ3n) is 3.66. The molecule has 1 aliphatic carbocycles. The topological polar surface area (TPSA) is 59.0 Å². The van der Waals surface area contributed by atoms with Crippen molar-refractivity contribution in [2.24, 2.45) is 0 Å². The van der Waals surface area contributed by atoms with E-state index in [-0.39, 0.29) is 6.03 Å². The van der Waals surface area contributed by atoms with Crippen LogP contribution in [-0.2, 0) is 0 Å². The molecule has 2 amide bonds. The minimum atomic E-state index is -0.191. The smallest absolute Gasteiger partial charge is 0.320 e. The first-order valence-electron chi connectivity index (χ1n) is 7.01. The highest BCUT2D eigenvalue weighted by Crippen LogP contribution is 2.20. The summed E-state index contributed by atoms with van der Waals surface area (Å²) in [4.78, 5) is 11.9. The predicted molar refractivity (Wildman–Crippen MR) is 83.1 cm³/mol. The third-order valence-corrected chi connectivity index (χ3v) is 3.91. The van der Waals surface area contributed by atoms with Gasteiger partial charge in [-0.3, -0.25) is 5.32 Å². The van der Waals surface area contributed by atoms with Gasteiger partial charge in [0.25, 0.3) is 0 Å². The van der Waals surface area contributed by atoms with Crippen molar-refractivity contribution in [2.45, 2.75) is 32.2 Å². The summed E-state index contributed by atoms with van der Waals surface area (Å²) in [6.45, 7) is 1.92. The number of aryl methyl sites for hydroxylation is 1. The van der Waals surface area contributed by atoms with E-state index < -0.39 is 0 Å². The Labute approximate surface area is 128 Å². The number of benzene rings is 1. The zero-order chi connectivity index (χ0) is 14.8. The maximum atomic E-state index is 11.9. The van der Waals surface area contributed by atoms with Crippen molar-refractivity contribution in [1.82, 2.24) is 15.1 Å². The van der Waals surface area contributed by atoms with Crippen molar-refractivity contribution >= 4 is 23.4 Å². The van der Waals surface area contributed by atoms with Crippen LogP contribution in [0, 0.1) is 6.92 Å². The van der Waals surface area contributed by atoms with E-state index in [1.807, 2.05) is 37.4 Å². The van der Waals surface area contributed by atoms with E-state index in [0.29, 0.717) is 16.9 Å². The van der Waals surface area contributed by atoms with E-state index in [9.17, 15) is 4.79 Å². The van der Waals surface area contributed by atoms with Crippen LogP contribution in [0.5, 0.6) is 0 Å². The number of halogens is 1. The van der Waals surface area contributed by atoms with E-state index in [4.69, 9.17) is 11.6 Å². The number of urea groups is 1. The highest BCUT2D eigenvalue weighted by atomic mass is 35.5. The lowest BCUT2D eigenvalue weighted by molar-refractivity contribution is 0.240. The Morgan fingerprint density at radius 1 is 1.33 bits per heavy atom. The van der Waals surface area contributed by atoms with Crippen molar-refractivity contribution in [3.8, 4) is 5.69 Å². The molecule has 21 heavy (non-hydrogen) atoms. The lowest BCUT2D eigenvalue weighted by atomic mass is 9.93. The van der Waals surface area contributed by atoms with Crippen LogP contribution in [0.2, 0.25) is 5.02 Å². The second-order valence-electron chi connectivity index (χ2n) is 5.31. The Kier molecular flexibility index (Phi) is 3.84. The SMILES string of the molecule is Cc1cn(-c2ccc(Cl)cc2)nc1NC(=O)NC1CCC1. The Morgan fingerprint density at radius 2 is 2.05 bits per heavy atom. The predicted octanol–water partition coefficient (Wildman–Crippen LogP) is 3.51. The highest BCUT2D eigenvalue weighted by Gasteiger charge is 2.20. The van der Waals surface area contributed by atoms with Crippen LogP contribution in [0.4, 0.5) is 10.6 Å². The van der Waals surface area contributed by atoms with Crippen molar-refractivity contribution in [1.29, 1.82) is 0 Å². The van der Waals surface area contributed by atoms with E-state index in [0.717, 1.165) is 24.1 Å². The monoisotopic (exact) mass is 304 g/mol. The molecule has 0 bridgehead atoms. The minimum Gasteiger partial charge on any atom is -0.335 e. The van der Waals surface area contributed by atoms with Crippen LogP contribution >= 0.6 is 11.6 Å². The van der Waals surface area contributed by atoms with Gasteiger partial charge in [0.1, 0.15) is 0 Å². The van der Waals surface area contributed by atoms with Crippen LogP contribution in [0.3, 0.4) is 0 Å². The zero-order valence-electron chi connectivity index (χ0n) is 11.8. The summed E-state index contributed by atoms with van der Waals surface area (Å²) in [6.07, 6.45) is 5.19. The largest absolute Gasteiger partial charge is 0.335 e. The minimum absolute atomic E-state index is 0.191. The number of aromatic nitrogens is 2. The molecule has 5 nitrogen and oxygen atoms in total. The number of hydrogen-bond acceptors (Lipinski definition) is 2. The van der Waals surface area contributed by atoms with Gasteiger partial charge >= 0.3 is 6.03 Å². The van der Waals surface area contributed by atoms with Crippen molar-refractivity contribution < 1.29 is 4.79 Å². The summed E-state index contributed by atoms with van der Waals surface area (Å²) < 4.78 is 1.73. The molecule has 1 aromatic carbocycles. The molecule has 0 atom stereocenters. The summed E-state index contributed by atoms with van der Waals surface area (Å²) in [5.41, 5.74) is 1.81. The fourth-order valence-corrected chi connectivity index (χ4v) is 2.32. The van der Waals surface area contributed by atoms with Crippen molar-refractivity contribution in [2.75, 3.05) is 5.32 Å². The van der Waals surface area contributed by atoms with Gasteiger partial charge in [0.2, 0.25) is 0 Å². The van der Waals surface area contributed by atoms with Crippen molar-refractivity contribution in [3.05, 3.63) is 41.0 Å². The number of nitrogens with one attached hydrogen (secondary N) is 2. The van der Waals surface area contributed by atoms with Crippen molar-refractivity contribution in [3.63, 3.8) is 0 Å². The molecule has 2 aromatic rings. The van der Waals surface area contributed by atoms with E-state index in [1.165, 1.54) is 6.42 Å². The van der Waals surface area contributed by atoms with E-state index in [1.54, 1.807) is 4.68 Å². The molecule has 1 heterocycles. The molecule has 0 saturated heterocycles. The van der Waals surface area contributed by atoms with Gasteiger partial charge in [0, 0.05) is 22.8 Å². The maximum absolute atomic E-state index is 11.9. The molecule has 1 aliphatic rings. The van der Waals surface area contributed by atoms with Gasteiger partial charge in [0.05, 0.1) is 5.69 Å². The number of amides is 2. The molecular formula is C15H17ClN4O. The highest BCUT2D eigenvalue weighted by molar-refractivity contribution is 6.30. The van der Waals surface area contributed by atoms with Crippen LogP contribution in [0.1, 0.15) is 24.8 Å². The van der Waals surface area contributed by atoms with Gasteiger partial charge in [-0.25, -0.2) is 9.48 Å².